The topological polar surface area (TPSA) is 72.2 Å². The third-order valence-corrected chi connectivity index (χ3v) is 4.42. The van der Waals surface area contributed by atoms with Crippen LogP contribution in [0.25, 0.3) is 0 Å². The highest BCUT2D eigenvalue weighted by atomic mass is 79.9. The summed E-state index contributed by atoms with van der Waals surface area (Å²) in [6.07, 6.45) is 0. The standard InChI is InChI=1S/C13H13BrN2O2S/c14-11-4-1-3-10(7-11)9-16-19(17,18)13-6-2-5-12(15)8-13/h1-8,16H,9,15H2. The Morgan fingerprint density at radius 1 is 1.11 bits per heavy atom. The number of benzene rings is 2. The molecule has 0 saturated heterocycles. The van der Waals surface area contributed by atoms with Crippen LogP contribution in [0.1, 0.15) is 5.56 Å². The van der Waals surface area contributed by atoms with Crippen molar-refractivity contribution in [3.63, 3.8) is 0 Å². The third kappa shape index (κ3) is 3.79. The first kappa shape index (κ1) is 14.0. The van der Waals surface area contributed by atoms with Crippen LogP contribution in [0.2, 0.25) is 0 Å². The lowest BCUT2D eigenvalue weighted by atomic mass is 10.2. The SMILES string of the molecule is Nc1cccc(S(=O)(=O)NCc2cccc(Br)c2)c1. The van der Waals surface area contributed by atoms with Crippen LogP contribution in [0.5, 0.6) is 0 Å². The second kappa shape index (κ2) is 5.73. The first-order valence-corrected chi connectivity index (χ1v) is 7.85. The van der Waals surface area contributed by atoms with Crippen molar-refractivity contribution < 1.29 is 8.42 Å². The maximum atomic E-state index is 12.1. The van der Waals surface area contributed by atoms with Gasteiger partial charge in [0.25, 0.3) is 0 Å². The maximum Gasteiger partial charge on any atom is 0.240 e. The summed E-state index contributed by atoms with van der Waals surface area (Å²) in [6, 6.07) is 13.7. The largest absolute Gasteiger partial charge is 0.399 e. The Balaban J connectivity index is 2.14. The zero-order valence-electron chi connectivity index (χ0n) is 10.0. The maximum absolute atomic E-state index is 12.1. The molecule has 2 aromatic rings. The monoisotopic (exact) mass is 340 g/mol. The van der Waals surface area contributed by atoms with Crippen LogP contribution in [0.3, 0.4) is 0 Å². The predicted octanol–water partition coefficient (Wildman–Crippen LogP) is 2.51. The van der Waals surface area contributed by atoms with Crippen LogP contribution >= 0.6 is 15.9 Å². The number of anilines is 1. The minimum Gasteiger partial charge on any atom is -0.399 e. The van der Waals surface area contributed by atoms with Gasteiger partial charge in [-0.1, -0.05) is 34.1 Å². The lowest BCUT2D eigenvalue weighted by molar-refractivity contribution is 0.581. The fraction of sp³-hybridized carbons (Fsp3) is 0.0769. The van der Waals surface area contributed by atoms with E-state index in [-0.39, 0.29) is 11.4 Å². The fourth-order valence-electron chi connectivity index (χ4n) is 1.59. The zero-order chi connectivity index (χ0) is 13.9. The quantitative estimate of drug-likeness (QED) is 0.840. The molecule has 0 unspecified atom stereocenters. The van der Waals surface area contributed by atoms with E-state index in [0.29, 0.717) is 5.69 Å². The molecule has 0 aliphatic carbocycles. The molecule has 4 nitrogen and oxygen atoms in total. The van der Waals surface area contributed by atoms with Gasteiger partial charge in [0.05, 0.1) is 4.90 Å². The van der Waals surface area contributed by atoms with Crippen molar-refractivity contribution in [1.29, 1.82) is 0 Å². The molecule has 2 rings (SSSR count). The molecule has 0 amide bonds. The number of sulfonamides is 1. The number of nitrogens with one attached hydrogen (secondary N) is 1. The van der Waals surface area contributed by atoms with Crippen LogP contribution in [0, 0.1) is 0 Å². The molecule has 2 aromatic carbocycles. The summed E-state index contributed by atoms with van der Waals surface area (Å²) in [5.74, 6) is 0. The van der Waals surface area contributed by atoms with Crippen molar-refractivity contribution in [2.75, 3.05) is 5.73 Å². The minimum atomic E-state index is -3.54. The van der Waals surface area contributed by atoms with Crippen molar-refractivity contribution >= 4 is 31.6 Å². The van der Waals surface area contributed by atoms with Crippen LogP contribution in [0.15, 0.2) is 57.9 Å². The molecule has 0 aromatic heterocycles. The van der Waals surface area contributed by atoms with Crippen molar-refractivity contribution in [1.82, 2.24) is 4.72 Å². The lowest BCUT2D eigenvalue weighted by Gasteiger charge is -2.07. The number of rotatable bonds is 4. The molecular weight excluding hydrogens is 328 g/mol. The van der Waals surface area contributed by atoms with E-state index in [0.717, 1.165) is 10.0 Å². The molecule has 100 valence electrons. The average Bonchev–Trinajstić information content (AvgIpc) is 2.37. The zero-order valence-corrected chi connectivity index (χ0v) is 12.4. The highest BCUT2D eigenvalue weighted by molar-refractivity contribution is 9.10. The molecule has 0 aliphatic rings. The highest BCUT2D eigenvalue weighted by Gasteiger charge is 2.13. The summed E-state index contributed by atoms with van der Waals surface area (Å²) in [7, 11) is -3.54. The summed E-state index contributed by atoms with van der Waals surface area (Å²) < 4.78 is 27.6. The van der Waals surface area contributed by atoms with Crippen LogP contribution in [-0.2, 0) is 16.6 Å². The van der Waals surface area contributed by atoms with Gasteiger partial charge < -0.3 is 5.73 Å². The van der Waals surface area contributed by atoms with Gasteiger partial charge in [-0.2, -0.15) is 0 Å². The summed E-state index contributed by atoms with van der Waals surface area (Å²) in [5.41, 5.74) is 6.88. The molecule has 0 bridgehead atoms. The molecule has 0 spiro atoms. The van der Waals surface area contributed by atoms with Gasteiger partial charge in [-0.05, 0) is 35.9 Å². The Kier molecular flexibility index (Phi) is 4.24. The first-order chi connectivity index (χ1) is 8.97. The van der Waals surface area contributed by atoms with E-state index in [1.54, 1.807) is 12.1 Å². The molecule has 0 radical (unpaired) electrons. The number of halogens is 1. The summed E-state index contributed by atoms with van der Waals surface area (Å²) in [6.45, 7) is 0.233. The Morgan fingerprint density at radius 2 is 1.84 bits per heavy atom. The fourth-order valence-corrected chi connectivity index (χ4v) is 3.11. The van der Waals surface area contributed by atoms with E-state index in [9.17, 15) is 8.42 Å². The molecular formula is C13H13BrN2O2S. The van der Waals surface area contributed by atoms with Gasteiger partial charge in [-0.25, -0.2) is 13.1 Å². The van der Waals surface area contributed by atoms with Crippen molar-refractivity contribution in [3.8, 4) is 0 Å². The third-order valence-electron chi connectivity index (χ3n) is 2.52. The summed E-state index contributed by atoms with van der Waals surface area (Å²) in [4.78, 5) is 0.169. The molecule has 0 atom stereocenters. The molecule has 6 heteroatoms. The summed E-state index contributed by atoms with van der Waals surface area (Å²) >= 11 is 3.34. The van der Waals surface area contributed by atoms with Crippen LogP contribution < -0.4 is 10.5 Å². The molecule has 0 fully saturated rings. The van der Waals surface area contributed by atoms with Crippen LogP contribution in [-0.4, -0.2) is 8.42 Å². The van der Waals surface area contributed by atoms with Gasteiger partial charge in [-0.3, -0.25) is 0 Å². The van der Waals surface area contributed by atoms with Gasteiger partial charge in [0.2, 0.25) is 10.0 Å². The van der Waals surface area contributed by atoms with Gasteiger partial charge in [0.1, 0.15) is 0 Å². The van der Waals surface area contributed by atoms with E-state index < -0.39 is 10.0 Å². The van der Waals surface area contributed by atoms with E-state index in [4.69, 9.17) is 5.73 Å². The van der Waals surface area contributed by atoms with Gasteiger partial charge in [-0.15, -0.1) is 0 Å². The predicted molar refractivity (Wildman–Crippen MR) is 79.0 cm³/mol. The van der Waals surface area contributed by atoms with E-state index in [1.807, 2.05) is 24.3 Å². The average molecular weight is 341 g/mol. The molecule has 3 N–H and O–H groups in total. The van der Waals surface area contributed by atoms with Gasteiger partial charge >= 0.3 is 0 Å². The number of nitrogen functional groups attached to an aromatic ring is 1. The van der Waals surface area contributed by atoms with Crippen molar-refractivity contribution in [2.24, 2.45) is 0 Å². The lowest BCUT2D eigenvalue weighted by Crippen LogP contribution is -2.23. The second-order valence-corrected chi connectivity index (χ2v) is 6.71. The van der Waals surface area contributed by atoms with E-state index >= 15 is 0 Å². The Morgan fingerprint density at radius 3 is 2.53 bits per heavy atom. The molecule has 0 heterocycles. The first-order valence-electron chi connectivity index (χ1n) is 5.57. The smallest absolute Gasteiger partial charge is 0.240 e. The van der Waals surface area contributed by atoms with Crippen molar-refractivity contribution in [2.45, 2.75) is 11.4 Å². The molecule has 0 saturated carbocycles. The van der Waals surface area contributed by atoms with E-state index in [2.05, 4.69) is 20.7 Å². The number of nitrogens with two attached hydrogens (primary N) is 1. The normalized spacial score (nSPS) is 11.4. The minimum absolute atomic E-state index is 0.169. The highest BCUT2D eigenvalue weighted by Crippen LogP contribution is 2.15. The van der Waals surface area contributed by atoms with Crippen LogP contribution in [0.4, 0.5) is 5.69 Å². The Hall–Kier alpha value is -1.37. The number of hydrogen-bond donors (Lipinski definition) is 2. The van der Waals surface area contributed by atoms with Gasteiger partial charge in [0.15, 0.2) is 0 Å². The Labute approximate surface area is 120 Å². The second-order valence-electron chi connectivity index (χ2n) is 4.03. The summed E-state index contributed by atoms with van der Waals surface area (Å²) in [5, 5.41) is 0. The Bertz CT molecular complexity index is 687. The molecule has 0 aliphatic heterocycles. The van der Waals surface area contributed by atoms with Crippen molar-refractivity contribution in [3.05, 3.63) is 58.6 Å². The number of hydrogen-bond acceptors (Lipinski definition) is 3. The van der Waals surface area contributed by atoms with Gasteiger partial charge in [0, 0.05) is 16.7 Å². The molecule has 19 heavy (non-hydrogen) atoms. The van der Waals surface area contributed by atoms with E-state index in [1.165, 1.54) is 12.1 Å².